The number of carbonyl (C=O) groups is 1. The number of hydrogen-bond donors (Lipinski definition) is 3. The Kier molecular flexibility index (Phi) is 12.7. The number of sulfonamides is 1. The third-order valence-electron chi connectivity index (χ3n) is 12.1. The van der Waals surface area contributed by atoms with Gasteiger partial charge in [-0.3, -0.25) is 24.0 Å². The third-order valence-corrected chi connectivity index (χ3v) is 15.1. The molecule has 0 atom stereocenters. The SMILES string of the molecule is CC1(C)CCC(CN2CCN(c3ccc(C(=O)NS(=O)(=O)c4ccc(NCC5CCS(=O)CC5)c([N+](=O)[O-])c4)c(Oc4cnc5[nH]ccc5c4)c3)CC2)=C(c2ccc(Cl)cc2)C1. The van der Waals surface area contributed by atoms with Crippen LogP contribution >= 0.6 is 11.6 Å². The van der Waals surface area contributed by atoms with Crippen molar-refractivity contribution in [3.05, 3.63) is 117 Å². The number of allylic oxidation sites excluding steroid dienone is 1. The van der Waals surface area contributed by atoms with E-state index in [9.17, 15) is 27.5 Å². The van der Waals surface area contributed by atoms with Crippen molar-refractivity contribution in [3.8, 4) is 11.5 Å². The molecular formula is C45H50ClN7O7S2. The minimum absolute atomic E-state index is 0.0479. The molecule has 8 rings (SSSR count). The van der Waals surface area contributed by atoms with Gasteiger partial charge in [0, 0.05) is 96.0 Å². The third kappa shape index (κ3) is 10.1. The molecule has 1 aliphatic carbocycles. The number of fused-ring (bicyclic) bond motifs is 1. The van der Waals surface area contributed by atoms with Crippen molar-refractivity contribution in [3.63, 3.8) is 0 Å². The average molecular weight is 901 g/mol. The molecule has 3 aliphatic rings. The van der Waals surface area contributed by atoms with E-state index in [0.29, 0.717) is 29.4 Å². The van der Waals surface area contributed by atoms with E-state index in [1.807, 2.05) is 18.2 Å². The van der Waals surface area contributed by atoms with Gasteiger partial charge in [0.25, 0.3) is 21.6 Å². The number of rotatable bonds is 13. The molecule has 5 aromatic rings. The molecule has 2 aromatic heterocycles. The first-order chi connectivity index (χ1) is 29.7. The first-order valence-electron chi connectivity index (χ1n) is 20.8. The highest BCUT2D eigenvalue weighted by atomic mass is 35.5. The topological polar surface area (TPSA) is 180 Å². The van der Waals surface area contributed by atoms with E-state index in [0.717, 1.165) is 87.0 Å². The number of H-pyrrole nitrogens is 1. The number of nitro benzene ring substituents is 1. The highest BCUT2D eigenvalue weighted by molar-refractivity contribution is 7.90. The van der Waals surface area contributed by atoms with Crippen LogP contribution < -0.4 is 19.7 Å². The standard InChI is InChI=1S/C45H50ClN7O7S2/c1-45(2)15-11-33(39(26-45)31-3-5-34(46)6-4-31)29-51-17-19-52(20-18-51)35-7-9-38(42(24-35)60-36-23-32-12-16-47-43(32)49-28-36)44(54)50-62(58,59)37-8-10-40(41(25-37)53(55)56)48-27-30-13-21-61(57)22-14-30/h3-10,12,16,23-25,28,30,48H,11,13-15,17-22,26-27,29H2,1-2H3,(H,47,49)(H,50,54). The van der Waals surface area contributed by atoms with Gasteiger partial charge in [-0.05, 0) is 103 Å². The highest BCUT2D eigenvalue weighted by Gasteiger charge is 2.31. The summed E-state index contributed by atoms with van der Waals surface area (Å²) >= 11 is 6.24. The van der Waals surface area contributed by atoms with Crippen LogP contribution in [-0.2, 0) is 20.8 Å². The minimum Gasteiger partial charge on any atom is -0.455 e. The zero-order valence-electron chi connectivity index (χ0n) is 34.7. The van der Waals surface area contributed by atoms with Crippen molar-refractivity contribution in [2.45, 2.75) is 50.8 Å². The number of anilines is 2. The maximum atomic E-state index is 13.9. The summed E-state index contributed by atoms with van der Waals surface area (Å²) in [6, 6.07) is 20.3. The summed E-state index contributed by atoms with van der Waals surface area (Å²) in [5, 5.41) is 16.7. The molecule has 4 heterocycles. The van der Waals surface area contributed by atoms with Gasteiger partial charge in [0.2, 0.25) is 0 Å². The predicted octanol–water partition coefficient (Wildman–Crippen LogP) is 8.39. The predicted molar refractivity (Wildman–Crippen MR) is 244 cm³/mol. The molecule has 2 saturated heterocycles. The van der Waals surface area contributed by atoms with Gasteiger partial charge in [-0.1, -0.05) is 43.2 Å². The fourth-order valence-corrected chi connectivity index (χ4v) is 11.0. The van der Waals surface area contributed by atoms with Gasteiger partial charge < -0.3 is 19.9 Å². The second kappa shape index (κ2) is 18.2. The number of nitrogens with zero attached hydrogens (tertiary/aromatic N) is 4. The van der Waals surface area contributed by atoms with Crippen molar-refractivity contribution in [1.29, 1.82) is 0 Å². The molecule has 14 nitrogen and oxygen atoms in total. The fourth-order valence-electron chi connectivity index (χ4n) is 8.50. The van der Waals surface area contributed by atoms with Gasteiger partial charge in [-0.25, -0.2) is 18.1 Å². The summed E-state index contributed by atoms with van der Waals surface area (Å²) in [5.74, 6) is 0.858. The van der Waals surface area contributed by atoms with Crippen LogP contribution in [0.15, 0.2) is 95.7 Å². The second-order valence-corrected chi connectivity index (χ2v) is 20.9. The van der Waals surface area contributed by atoms with Gasteiger partial charge in [-0.15, -0.1) is 0 Å². The van der Waals surface area contributed by atoms with Crippen LogP contribution in [0, 0.1) is 21.4 Å². The number of ether oxygens (including phenoxy) is 1. The number of nitro groups is 1. The van der Waals surface area contributed by atoms with Crippen molar-refractivity contribution in [2.24, 2.45) is 11.3 Å². The number of nitrogens with one attached hydrogen (secondary N) is 3. The molecule has 1 amide bonds. The number of pyridine rings is 1. The molecule has 17 heteroatoms. The van der Waals surface area contributed by atoms with Gasteiger partial charge in [0.05, 0.1) is 21.6 Å². The maximum Gasteiger partial charge on any atom is 0.293 e. The van der Waals surface area contributed by atoms with Crippen molar-refractivity contribution < 1.29 is 27.1 Å². The highest BCUT2D eigenvalue weighted by Crippen LogP contribution is 2.43. The molecule has 0 saturated carbocycles. The fraction of sp³-hybridized carbons (Fsp3) is 0.378. The van der Waals surface area contributed by atoms with E-state index in [-0.39, 0.29) is 28.3 Å². The maximum absolute atomic E-state index is 13.9. The van der Waals surface area contributed by atoms with Gasteiger partial charge in [-0.2, -0.15) is 0 Å². The van der Waals surface area contributed by atoms with Crippen LogP contribution in [0.4, 0.5) is 17.1 Å². The number of aromatic nitrogens is 2. The Balaban J connectivity index is 0.999. The van der Waals surface area contributed by atoms with Crippen LogP contribution in [0.25, 0.3) is 16.6 Å². The summed E-state index contributed by atoms with van der Waals surface area (Å²) in [6.45, 7) is 9.03. The van der Waals surface area contributed by atoms with Crippen LogP contribution in [0.1, 0.15) is 61.9 Å². The molecule has 3 N–H and O–H groups in total. The first-order valence-corrected chi connectivity index (χ1v) is 24.2. The number of carbonyl (C=O) groups excluding carboxylic acids is 1. The number of hydrogen-bond acceptors (Lipinski definition) is 11. The van der Waals surface area contributed by atoms with Crippen molar-refractivity contribution in [2.75, 3.05) is 61.0 Å². The molecule has 0 radical (unpaired) electrons. The molecule has 3 aromatic carbocycles. The average Bonchev–Trinajstić information content (AvgIpc) is 3.72. The molecule has 0 bridgehead atoms. The van der Waals surface area contributed by atoms with Crippen LogP contribution in [0.5, 0.6) is 11.5 Å². The summed E-state index contributed by atoms with van der Waals surface area (Å²) in [6.07, 6.45) is 7.92. The Hall–Kier alpha value is -5.29. The summed E-state index contributed by atoms with van der Waals surface area (Å²) < 4.78 is 47.5. The zero-order valence-corrected chi connectivity index (χ0v) is 37.1. The van der Waals surface area contributed by atoms with E-state index in [2.05, 4.69) is 55.8 Å². The normalized spacial score (nSPS) is 19.6. The van der Waals surface area contributed by atoms with E-state index in [1.54, 1.807) is 24.4 Å². The van der Waals surface area contributed by atoms with Crippen LogP contribution in [0.3, 0.4) is 0 Å². The second-order valence-electron chi connectivity index (χ2n) is 17.1. The molecule has 0 unspecified atom stereocenters. The van der Waals surface area contributed by atoms with Crippen molar-refractivity contribution in [1.82, 2.24) is 19.6 Å². The molecule has 326 valence electrons. The molecule has 62 heavy (non-hydrogen) atoms. The lowest BCUT2D eigenvalue weighted by atomic mass is 9.72. The quantitative estimate of drug-likeness (QED) is 0.0763. The Bertz CT molecular complexity index is 2650. The minimum atomic E-state index is -4.58. The van der Waals surface area contributed by atoms with E-state index < -0.39 is 42.2 Å². The van der Waals surface area contributed by atoms with Crippen LogP contribution in [-0.4, -0.2) is 89.1 Å². The molecule has 2 fully saturated rings. The van der Waals surface area contributed by atoms with E-state index in [4.69, 9.17) is 16.3 Å². The largest absolute Gasteiger partial charge is 0.455 e. The lowest BCUT2D eigenvalue weighted by Crippen LogP contribution is -2.47. The van der Waals surface area contributed by atoms with Crippen molar-refractivity contribution >= 4 is 72.0 Å². The number of piperazine rings is 1. The van der Waals surface area contributed by atoms with E-state index in [1.165, 1.54) is 41.1 Å². The summed E-state index contributed by atoms with van der Waals surface area (Å²) in [4.78, 5) is 37.1. The number of aromatic amines is 1. The number of amides is 1. The molecular weight excluding hydrogens is 850 g/mol. The molecule has 2 aliphatic heterocycles. The first kappa shape index (κ1) is 43.4. The van der Waals surface area contributed by atoms with Gasteiger partial charge in [0.1, 0.15) is 22.8 Å². The van der Waals surface area contributed by atoms with E-state index >= 15 is 0 Å². The number of halogens is 1. The molecule has 0 spiro atoms. The van der Waals surface area contributed by atoms with Crippen LogP contribution in [0.2, 0.25) is 5.02 Å². The smallest absolute Gasteiger partial charge is 0.293 e. The Morgan fingerprint density at radius 3 is 2.53 bits per heavy atom. The van der Waals surface area contributed by atoms with Gasteiger partial charge >= 0.3 is 0 Å². The summed E-state index contributed by atoms with van der Waals surface area (Å²) in [7, 11) is -5.41. The number of benzene rings is 3. The monoisotopic (exact) mass is 899 g/mol. The Morgan fingerprint density at radius 2 is 1.79 bits per heavy atom. The zero-order chi connectivity index (χ0) is 43.6. The Morgan fingerprint density at radius 1 is 1.03 bits per heavy atom. The Labute approximate surface area is 368 Å². The lowest BCUT2D eigenvalue weighted by Gasteiger charge is -2.39. The lowest BCUT2D eigenvalue weighted by molar-refractivity contribution is -0.384. The summed E-state index contributed by atoms with van der Waals surface area (Å²) in [5.41, 5.74) is 5.44. The van der Waals surface area contributed by atoms with Gasteiger partial charge in [0.15, 0.2) is 0 Å².